The molecule has 1 amide bonds. The van der Waals surface area contributed by atoms with E-state index in [0.717, 1.165) is 5.56 Å². The summed E-state index contributed by atoms with van der Waals surface area (Å²) in [4.78, 5) is 11.0. The van der Waals surface area contributed by atoms with Crippen molar-refractivity contribution in [1.82, 2.24) is 5.32 Å². The van der Waals surface area contributed by atoms with Crippen LogP contribution in [0.5, 0.6) is 5.75 Å². The first kappa shape index (κ1) is 11.0. The number of benzene rings is 1. The van der Waals surface area contributed by atoms with Crippen molar-refractivity contribution >= 4 is 18.5 Å². The maximum atomic E-state index is 11.0. The lowest BCUT2D eigenvalue weighted by molar-refractivity contribution is -0.122. The number of hydrogen-bond donors (Lipinski definition) is 2. The van der Waals surface area contributed by atoms with Gasteiger partial charge in [0.25, 0.3) is 5.91 Å². The Morgan fingerprint density at radius 1 is 1.69 bits per heavy atom. The Morgan fingerprint density at radius 3 is 3.25 bits per heavy atom. The zero-order chi connectivity index (χ0) is 11.5. The summed E-state index contributed by atoms with van der Waals surface area (Å²) in [6, 6.07) is 5.27. The van der Waals surface area contributed by atoms with Crippen LogP contribution >= 0.6 is 0 Å². The van der Waals surface area contributed by atoms with Crippen LogP contribution in [0.1, 0.15) is 5.56 Å². The Morgan fingerprint density at radius 2 is 2.50 bits per heavy atom. The smallest absolute Gasteiger partial charge is 0.484 e. The SMILES string of the molecule is CNC(=O)COc1ccc2c(c1)B(O)OC2. The molecule has 1 aliphatic rings. The minimum absolute atomic E-state index is 0.0355. The van der Waals surface area contributed by atoms with Crippen LogP contribution in [0.4, 0.5) is 0 Å². The summed E-state index contributed by atoms with van der Waals surface area (Å²) >= 11 is 0. The molecule has 0 atom stereocenters. The fourth-order valence-electron chi connectivity index (χ4n) is 1.50. The molecule has 6 heteroatoms. The van der Waals surface area contributed by atoms with Gasteiger partial charge in [-0.2, -0.15) is 0 Å². The Labute approximate surface area is 93.5 Å². The highest BCUT2D eigenvalue weighted by Crippen LogP contribution is 2.16. The topological polar surface area (TPSA) is 67.8 Å². The van der Waals surface area contributed by atoms with E-state index in [1.54, 1.807) is 19.2 Å². The van der Waals surface area contributed by atoms with Gasteiger partial charge in [-0.25, -0.2) is 0 Å². The molecule has 84 valence electrons. The molecule has 16 heavy (non-hydrogen) atoms. The number of rotatable bonds is 3. The number of fused-ring (bicyclic) bond motifs is 1. The first-order valence-corrected chi connectivity index (χ1v) is 4.96. The van der Waals surface area contributed by atoms with E-state index < -0.39 is 7.12 Å². The van der Waals surface area contributed by atoms with Crippen LogP contribution in [0.25, 0.3) is 0 Å². The summed E-state index contributed by atoms with van der Waals surface area (Å²) in [6.07, 6.45) is 0. The van der Waals surface area contributed by atoms with Crippen molar-refractivity contribution in [2.24, 2.45) is 0 Å². The van der Waals surface area contributed by atoms with Crippen LogP contribution in [0.15, 0.2) is 18.2 Å². The van der Waals surface area contributed by atoms with Gasteiger partial charge < -0.3 is 19.7 Å². The summed E-state index contributed by atoms with van der Waals surface area (Å²) in [6.45, 7) is 0.373. The molecule has 0 fully saturated rings. The van der Waals surface area contributed by atoms with Gasteiger partial charge in [0.05, 0.1) is 6.61 Å². The first-order valence-electron chi connectivity index (χ1n) is 4.96. The molecular formula is C10H12BNO4. The fraction of sp³-hybridized carbons (Fsp3) is 0.300. The fourth-order valence-corrected chi connectivity index (χ4v) is 1.50. The summed E-state index contributed by atoms with van der Waals surface area (Å²) in [7, 11) is 0.657. The molecule has 1 heterocycles. The normalized spacial score (nSPS) is 13.5. The second kappa shape index (κ2) is 4.55. The molecule has 0 unspecified atom stereocenters. The lowest BCUT2D eigenvalue weighted by atomic mass is 9.79. The summed E-state index contributed by atoms with van der Waals surface area (Å²) in [5.41, 5.74) is 1.65. The van der Waals surface area contributed by atoms with E-state index in [-0.39, 0.29) is 12.5 Å². The summed E-state index contributed by atoms with van der Waals surface area (Å²) in [5, 5.41) is 11.9. The number of nitrogens with one attached hydrogen (secondary N) is 1. The van der Waals surface area contributed by atoms with Gasteiger partial charge in [-0.15, -0.1) is 0 Å². The van der Waals surface area contributed by atoms with E-state index in [4.69, 9.17) is 9.39 Å². The molecule has 5 nitrogen and oxygen atoms in total. The molecule has 0 bridgehead atoms. The van der Waals surface area contributed by atoms with Crippen LogP contribution < -0.4 is 15.5 Å². The van der Waals surface area contributed by atoms with Crippen molar-refractivity contribution in [2.75, 3.05) is 13.7 Å². The Balaban J connectivity index is 2.07. The van der Waals surface area contributed by atoms with Crippen molar-refractivity contribution in [3.8, 4) is 5.75 Å². The van der Waals surface area contributed by atoms with E-state index in [2.05, 4.69) is 5.32 Å². The summed E-state index contributed by atoms with van der Waals surface area (Å²) in [5.74, 6) is 0.351. The molecular weight excluding hydrogens is 209 g/mol. The molecule has 1 aromatic carbocycles. The standard InChI is InChI=1S/C10H12BNO4/c1-12-10(13)6-15-8-3-2-7-5-16-11(14)9(7)4-8/h2-4,14H,5-6H2,1H3,(H,12,13). The Hall–Kier alpha value is -1.53. The van der Waals surface area contributed by atoms with Gasteiger partial charge in [-0.1, -0.05) is 6.07 Å². The van der Waals surface area contributed by atoms with E-state index in [1.165, 1.54) is 0 Å². The van der Waals surface area contributed by atoms with E-state index >= 15 is 0 Å². The van der Waals surface area contributed by atoms with Gasteiger partial charge in [-0.3, -0.25) is 4.79 Å². The predicted octanol–water partition coefficient (Wildman–Crippen LogP) is -0.971. The van der Waals surface area contributed by atoms with Gasteiger partial charge >= 0.3 is 7.12 Å². The minimum atomic E-state index is -0.890. The van der Waals surface area contributed by atoms with E-state index in [0.29, 0.717) is 17.8 Å². The summed E-state index contributed by atoms with van der Waals surface area (Å²) < 4.78 is 10.3. The van der Waals surface area contributed by atoms with Crippen molar-refractivity contribution in [2.45, 2.75) is 6.61 Å². The molecule has 1 aliphatic heterocycles. The third kappa shape index (κ3) is 2.18. The minimum Gasteiger partial charge on any atom is -0.484 e. The van der Waals surface area contributed by atoms with Gasteiger partial charge in [0.15, 0.2) is 6.61 Å². The largest absolute Gasteiger partial charge is 0.491 e. The average Bonchev–Trinajstić information content (AvgIpc) is 2.68. The lowest BCUT2D eigenvalue weighted by Gasteiger charge is -2.06. The monoisotopic (exact) mass is 221 g/mol. The zero-order valence-electron chi connectivity index (χ0n) is 8.90. The third-order valence-electron chi connectivity index (χ3n) is 2.43. The molecule has 2 N–H and O–H groups in total. The van der Waals surface area contributed by atoms with E-state index in [1.807, 2.05) is 6.07 Å². The van der Waals surface area contributed by atoms with Gasteiger partial charge in [0, 0.05) is 7.05 Å². The Kier molecular flexibility index (Phi) is 3.12. The number of amides is 1. The molecule has 2 rings (SSSR count). The zero-order valence-corrected chi connectivity index (χ0v) is 8.90. The lowest BCUT2D eigenvalue weighted by Crippen LogP contribution is -2.29. The average molecular weight is 221 g/mol. The van der Waals surface area contributed by atoms with Gasteiger partial charge in [0.2, 0.25) is 0 Å². The van der Waals surface area contributed by atoms with Crippen LogP contribution in [-0.2, 0) is 16.1 Å². The molecule has 0 saturated heterocycles. The quantitative estimate of drug-likeness (QED) is 0.644. The molecule has 0 saturated carbocycles. The molecule has 0 radical (unpaired) electrons. The van der Waals surface area contributed by atoms with Crippen LogP contribution in [-0.4, -0.2) is 31.7 Å². The second-order valence-corrected chi connectivity index (χ2v) is 3.49. The van der Waals surface area contributed by atoms with Crippen molar-refractivity contribution < 1.29 is 19.2 Å². The number of ether oxygens (including phenoxy) is 1. The van der Waals surface area contributed by atoms with Crippen LogP contribution in [0.2, 0.25) is 0 Å². The highest BCUT2D eigenvalue weighted by Gasteiger charge is 2.27. The number of likely N-dealkylation sites (N-methyl/N-ethyl adjacent to an activating group) is 1. The highest BCUT2D eigenvalue weighted by molar-refractivity contribution is 6.61. The van der Waals surface area contributed by atoms with Gasteiger partial charge in [-0.05, 0) is 23.2 Å². The third-order valence-corrected chi connectivity index (χ3v) is 2.43. The highest BCUT2D eigenvalue weighted by atomic mass is 16.5. The van der Waals surface area contributed by atoms with Crippen LogP contribution in [0.3, 0.4) is 0 Å². The van der Waals surface area contributed by atoms with Crippen molar-refractivity contribution in [1.29, 1.82) is 0 Å². The number of carbonyl (C=O) groups is 1. The molecule has 0 aromatic heterocycles. The Bertz CT molecular complexity index is 410. The number of hydrogen-bond acceptors (Lipinski definition) is 4. The molecule has 0 spiro atoms. The number of carbonyl (C=O) groups excluding carboxylic acids is 1. The van der Waals surface area contributed by atoms with Crippen molar-refractivity contribution in [3.63, 3.8) is 0 Å². The van der Waals surface area contributed by atoms with Crippen LogP contribution in [0, 0.1) is 0 Å². The molecule has 1 aromatic rings. The van der Waals surface area contributed by atoms with Crippen molar-refractivity contribution in [3.05, 3.63) is 23.8 Å². The second-order valence-electron chi connectivity index (χ2n) is 3.49. The first-order chi connectivity index (χ1) is 7.70. The van der Waals surface area contributed by atoms with Gasteiger partial charge in [0.1, 0.15) is 5.75 Å². The maximum absolute atomic E-state index is 11.0. The molecule has 0 aliphatic carbocycles. The van der Waals surface area contributed by atoms with E-state index in [9.17, 15) is 9.82 Å². The maximum Gasteiger partial charge on any atom is 0.491 e. The predicted molar refractivity (Wildman–Crippen MR) is 58.4 cm³/mol.